The van der Waals surface area contributed by atoms with Crippen LogP contribution >= 0.6 is 70.5 Å². The molecular weight excluding hydrogens is 462 g/mol. The summed E-state index contributed by atoms with van der Waals surface area (Å²) in [6, 6.07) is 11.2. The normalized spacial score (nSPS) is 12.4. The first-order valence-electron chi connectivity index (χ1n) is 8.38. The molecule has 7 heteroatoms. The molecule has 2 aromatic rings. The van der Waals surface area contributed by atoms with Crippen LogP contribution in [-0.4, -0.2) is 9.49 Å². The fraction of sp³-hybridized carbons (Fsp3) is 0.400. The first-order valence-corrected chi connectivity index (χ1v) is 11.4. The van der Waals surface area contributed by atoms with Crippen LogP contribution in [0.15, 0.2) is 36.4 Å². The van der Waals surface area contributed by atoms with E-state index < -0.39 is 0 Å². The molecule has 0 fully saturated rings. The van der Waals surface area contributed by atoms with E-state index in [1.54, 1.807) is 12.1 Å². The van der Waals surface area contributed by atoms with Crippen LogP contribution in [0.4, 0.5) is 0 Å². The van der Waals surface area contributed by atoms with Crippen molar-refractivity contribution in [3.63, 3.8) is 0 Å². The molecule has 1 nitrogen and oxygen atoms in total. The van der Waals surface area contributed by atoms with Gasteiger partial charge in [-0.15, -0.1) is 0 Å². The van der Waals surface area contributed by atoms with Gasteiger partial charge in [-0.2, -0.15) is 0 Å². The summed E-state index contributed by atoms with van der Waals surface area (Å²) in [6.45, 7) is 8.54. The van der Waals surface area contributed by atoms with Gasteiger partial charge in [0.2, 0.25) is 0 Å². The van der Waals surface area contributed by atoms with Crippen molar-refractivity contribution < 1.29 is 3.63 Å². The topological polar surface area (TPSA) is 9.23 Å². The van der Waals surface area contributed by atoms with Crippen LogP contribution in [0.5, 0.6) is 0 Å². The van der Waals surface area contributed by atoms with E-state index >= 15 is 0 Å². The lowest BCUT2D eigenvalue weighted by Gasteiger charge is -2.27. The van der Waals surface area contributed by atoms with Crippen LogP contribution in [0.2, 0.25) is 20.1 Å². The van der Waals surface area contributed by atoms with E-state index in [9.17, 15) is 0 Å². The van der Waals surface area contributed by atoms with E-state index in [1.165, 1.54) is 24.1 Å². The zero-order valence-electron chi connectivity index (χ0n) is 15.6. The van der Waals surface area contributed by atoms with Crippen molar-refractivity contribution >= 4 is 70.5 Å². The van der Waals surface area contributed by atoms with Gasteiger partial charge in [-0.25, -0.2) is 3.63 Å². The molecule has 0 aliphatic rings. The second kappa shape index (κ2) is 9.84. The zero-order valence-corrected chi connectivity index (χ0v) is 20.3. The molecule has 0 spiro atoms. The molecule has 2 aromatic carbocycles. The highest BCUT2D eigenvalue weighted by molar-refractivity contribution is 8.09. The summed E-state index contributed by atoms with van der Waals surface area (Å²) in [5.41, 5.74) is 2.18. The van der Waals surface area contributed by atoms with Crippen LogP contribution in [0, 0.1) is 0 Å². The maximum atomic E-state index is 6.10. The van der Waals surface area contributed by atoms with Crippen molar-refractivity contribution in [2.45, 2.75) is 50.0 Å². The Hall–Kier alpha value is 0.260. The molecule has 0 unspecified atom stereocenters. The highest BCUT2D eigenvalue weighted by Crippen LogP contribution is 2.39. The van der Waals surface area contributed by atoms with Crippen LogP contribution in [0.3, 0.4) is 0 Å². The predicted octanol–water partition coefficient (Wildman–Crippen LogP) is 8.96. The minimum Gasteiger partial charge on any atom is -0.246 e. The lowest BCUT2D eigenvalue weighted by atomic mass is 10.0. The average Bonchev–Trinajstić information content (AvgIpc) is 2.42. The Morgan fingerprint density at radius 1 is 0.630 bits per heavy atom. The monoisotopic (exact) mass is 482 g/mol. The molecule has 0 atom stereocenters. The average molecular weight is 484 g/mol. The minimum absolute atomic E-state index is 0.129. The Kier molecular flexibility index (Phi) is 8.58. The summed E-state index contributed by atoms with van der Waals surface area (Å²) in [5, 5.41) is 2.59. The number of hydrogen-bond donors (Lipinski definition) is 0. The molecule has 0 aliphatic carbocycles. The van der Waals surface area contributed by atoms with Gasteiger partial charge in [-0.05, 0) is 88.1 Å². The molecule has 0 N–H and O–H groups in total. The van der Waals surface area contributed by atoms with Gasteiger partial charge in [0.15, 0.2) is 0 Å². The summed E-state index contributed by atoms with van der Waals surface area (Å²) < 4.78 is 5.67. The van der Waals surface area contributed by atoms with Gasteiger partial charge >= 0.3 is 0 Å². The van der Waals surface area contributed by atoms with Gasteiger partial charge in [-0.3, -0.25) is 0 Å². The van der Waals surface area contributed by atoms with E-state index in [-0.39, 0.29) is 9.49 Å². The molecule has 0 bridgehead atoms. The van der Waals surface area contributed by atoms with Crippen molar-refractivity contribution in [1.29, 1.82) is 0 Å². The van der Waals surface area contributed by atoms with Crippen molar-refractivity contribution in [3.05, 3.63) is 67.6 Å². The Bertz CT molecular complexity index is 688. The Morgan fingerprint density at radius 3 is 1.22 bits per heavy atom. The molecule has 0 aliphatic heterocycles. The highest BCUT2D eigenvalue weighted by Gasteiger charge is 2.26. The van der Waals surface area contributed by atoms with E-state index in [4.69, 9.17) is 50.0 Å². The van der Waals surface area contributed by atoms with E-state index in [0.717, 1.165) is 24.0 Å². The quantitative estimate of drug-likeness (QED) is 0.346. The van der Waals surface area contributed by atoms with Gasteiger partial charge in [0, 0.05) is 53.7 Å². The van der Waals surface area contributed by atoms with Crippen LogP contribution in [0.1, 0.15) is 38.8 Å². The molecule has 0 amide bonds. The smallest absolute Gasteiger partial charge is 0.0423 e. The molecule has 27 heavy (non-hydrogen) atoms. The van der Waals surface area contributed by atoms with Gasteiger partial charge in [0.25, 0.3) is 0 Å². The fourth-order valence-corrected chi connectivity index (χ4v) is 5.87. The lowest BCUT2D eigenvalue weighted by Crippen LogP contribution is -2.21. The predicted molar refractivity (Wildman–Crippen MR) is 125 cm³/mol. The van der Waals surface area contributed by atoms with Crippen molar-refractivity contribution in [1.82, 2.24) is 0 Å². The lowest BCUT2D eigenvalue weighted by molar-refractivity contribution is 0.615. The Morgan fingerprint density at radius 2 is 0.926 bits per heavy atom. The highest BCUT2D eigenvalue weighted by atomic mass is 35.5. The van der Waals surface area contributed by atoms with Crippen LogP contribution in [-0.2, 0) is 16.5 Å². The third-order valence-corrected chi connectivity index (χ3v) is 6.23. The number of rotatable bonds is 8. The SMILES string of the molecule is CC(C)(Cc1cc(Cl)cc(Cl)c1)SOSC(C)(C)Cc1cc(Cl)cc(Cl)c1. The number of benzene rings is 2. The van der Waals surface area contributed by atoms with E-state index in [1.807, 2.05) is 24.3 Å². The Balaban J connectivity index is 1.90. The van der Waals surface area contributed by atoms with Crippen LogP contribution in [0.25, 0.3) is 0 Å². The van der Waals surface area contributed by atoms with Crippen molar-refractivity contribution in [3.8, 4) is 0 Å². The Labute approximate surface area is 190 Å². The van der Waals surface area contributed by atoms with Crippen LogP contribution < -0.4 is 0 Å². The third-order valence-electron chi connectivity index (χ3n) is 3.62. The van der Waals surface area contributed by atoms with Crippen molar-refractivity contribution in [2.75, 3.05) is 0 Å². The second-order valence-corrected chi connectivity index (χ2v) is 12.5. The standard InChI is InChI=1S/C20H22Cl4OS2/c1-19(2,11-13-5-15(21)9-16(22)6-13)26-25-27-20(3,4)12-14-7-17(23)10-18(24)8-14/h5-10H,11-12H2,1-4H3. The number of halogens is 4. The first-order chi connectivity index (χ1) is 12.4. The fourth-order valence-electron chi connectivity index (χ4n) is 2.67. The number of hydrogen-bond acceptors (Lipinski definition) is 3. The van der Waals surface area contributed by atoms with Gasteiger partial charge in [0.1, 0.15) is 0 Å². The molecule has 148 valence electrons. The largest absolute Gasteiger partial charge is 0.246 e. The molecule has 0 heterocycles. The van der Waals surface area contributed by atoms with Gasteiger partial charge in [-0.1, -0.05) is 46.4 Å². The molecule has 0 radical (unpaired) electrons. The summed E-state index contributed by atoms with van der Waals surface area (Å²) in [5.74, 6) is 0. The van der Waals surface area contributed by atoms with Crippen molar-refractivity contribution in [2.24, 2.45) is 0 Å². The van der Waals surface area contributed by atoms with Gasteiger partial charge in [0.05, 0.1) is 0 Å². The summed E-state index contributed by atoms with van der Waals surface area (Å²) in [7, 11) is 0. The maximum absolute atomic E-state index is 6.10. The van der Waals surface area contributed by atoms with E-state index in [0.29, 0.717) is 20.1 Å². The summed E-state index contributed by atoms with van der Waals surface area (Å²) >= 11 is 27.3. The molecule has 0 saturated heterocycles. The molecule has 0 saturated carbocycles. The summed E-state index contributed by atoms with van der Waals surface area (Å²) in [4.78, 5) is 0. The maximum Gasteiger partial charge on any atom is 0.0423 e. The molecule has 0 aromatic heterocycles. The minimum atomic E-state index is -0.129. The van der Waals surface area contributed by atoms with Gasteiger partial charge < -0.3 is 0 Å². The summed E-state index contributed by atoms with van der Waals surface area (Å²) in [6.07, 6.45) is 1.59. The van der Waals surface area contributed by atoms with E-state index in [2.05, 4.69) is 27.7 Å². The molecule has 2 rings (SSSR count). The first kappa shape index (κ1) is 23.5. The zero-order chi connectivity index (χ0) is 20.2. The molecular formula is C20H22Cl4OS2. The second-order valence-electron chi connectivity index (χ2n) is 7.66. The third kappa shape index (κ3) is 8.65.